The lowest BCUT2D eigenvalue weighted by Crippen LogP contribution is -2.28. The van der Waals surface area contributed by atoms with Crippen molar-refractivity contribution in [3.63, 3.8) is 0 Å². The van der Waals surface area contributed by atoms with Crippen LogP contribution in [-0.4, -0.2) is 18.1 Å². The fourth-order valence-corrected chi connectivity index (χ4v) is 2.83. The highest BCUT2D eigenvalue weighted by molar-refractivity contribution is 7.15. The van der Waals surface area contributed by atoms with Crippen molar-refractivity contribution in [1.82, 2.24) is 4.98 Å². The summed E-state index contributed by atoms with van der Waals surface area (Å²) in [5, 5.41) is 0.963. The van der Waals surface area contributed by atoms with Gasteiger partial charge >= 0.3 is 0 Å². The highest BCUT2D eigenvalue weighted by Crippen LogP contribution is 2.35. The van der Waals surface area contributed by atoms with Crippen LogP contribution < -0.4 is 5.73 Å². The predicted octanol–water partition coefficient (Wildman–Crippen LogP) is 2.22. The molecule has 1 aromatic heterocycles. The Labute approximate surface area is 92.2 Å². The van der Waals surface area contributed by atoms with E-state index in [-0.39, 0.29) is 6.10 Å². The fourth-order valence-electron chi connectivity index (χ4n) is 1.76. The predicted molar refractivity (Wildman–Crippen MR) is 57.6 cm³/mol. The summed E-state index contributed by atoms with van der Waals surface area (Å²) in [6.45, 7) is 1.46. The maximum atomic E-state index is 5.84. The molecule has 0 saturated carbocycles. The highest BCUT2D eigenvalue weighted by atomic mass is 35.5. The Kier molecular flexibility index (Phi) is 3.38. The van der Waals surface area contributed by atoms with Crippen molar-refractivity contribution in [1.29, 1.82) is 0 Å². The Balaban J connectivity index is 2.14. The summed E-state index contributed by atoms with van der Waals surface area (Å²) in [6, 6.07) is 0. The average molecular weight is 233 g/mol. The molecule has 0 radical (unpaired) electrons. The second-order valence-corrected chi connectivity index (χ2v) is 5.13. The molecule has 2 N–H and O–H groups in total. The first-order valence-electron chi connectivity index (χ1n) is 4.74. The lowest BCUT2D eigenvalue weighted by molar-refractivity contribution is -0.0252. The number of rotatable bonds is 2. The lowest BCUT2D eigenvalue weighted by atomic mass is 9.95. The molecule has 1 aromatic rings. The molecule has 0 aromatic carbocycles. The first-order valence-corrected chi connectivity index (χ1v) is 5.93. The summed E-state index contributed by atoms with van der Waals surface area (Å²) in [6.07, 6.45) is 3.95. The van der Waals surface area contributed by atoms with E-state index < -0.39 is 0 Å². The summed E-state index contributed by atoms with van der Waals surface area (Å²) in [7, 11) is 0. The number of hydrogen-bond acceptors (Lipinski definition) is 4. The number of hydrogen-bond donors (Lipinski definition) is 1. The number of ether oxygens (including phenoxy) is 1. The van der Waals surface area contributed by atoms with E-state index >= 15 is 0 Å². The molecule has 1 aliphatic rings. The highest BCUT2D eigenvalue weighted by Gasteiger charge is 2.28. The molecule has 78 valence electrons. The summed E-state index contributed by atoms with van der Waals surface area (Å²) in [5.41, 5.74) is 5.70. The van der Waals surface area contributed by atoms with E-state index in [0.29, 0.717) is 16.8 Å². The third kappa shape index (κ3) is 2.08. The van der Waals surface area contributed by atoms with Gasteiger partial charge in [0.2, 0.25) is 0 Å². The van der Waals surface area contributed by atoms with Crippen LogP contribution in [0.5, 0.6) is 0 Å². The molecule has 1 aliphatic heterocycles. The maximum Gasteiger partial charge on any atom is 0.123 e. The molecule has 5 heteroatoms. The molecule has 0 spiro atoms. The van der Waals surface area contributed by atoms with E-state index in [1.54, 1.807) is 6.20 Å². The Morgan fingerprint density at radius 3 is 3.21 bits per heavy atom. The van der Waals surface area contributed by atoms with Crippen LogP contribution in [0.15, 0.2) is 6.20 Å². The van der Waals surface area contributed by atoms with Crippen LogP contribution >= 0.6 is 22.9 Å². The zero-order valence-electron chi connectivity index (χ0n) is 7.78. The van der Waals surface area contributed by atoms with E-state index in [2.05, 4.69) is 4.98 Å². The van der Waals surface area contributed by atoms with Gasteiger partial charge in [-0.3, -0.25) is 0 Å². The molecule has 2 heterocycles. The molecular formula is C9H13ClN2OS. The molecule has 2 rings (SSSR count). The standard InChI is InChI=1S/C9H13ClN2OS/c10-7-5-12-9(14-7)8-6(4-11)2-1-3-13-8/h5-6,8H,1-4,11H2. The third-order valence-corrected chi connectivity index (χ3v) is 3.66. The van der Waals surface area contributed by atoms with Crippen molar-refractivity contribution < 1.29 is 4.74 Å². The molecule has 2 unspecified atom stereocenters. The van der Waals surface area contributed by atoms with Crippen LogP contribution in [0.25, 0.3) is 0 Å². The first-order chi connectivity index (χ1) is 6.81. The lowest BCUT2D eigenvalue weighted by Gasteiger charge is -2.29. The molecule has 0 amide bonds. The molecular weight excluding hydrogens is 220 g/mol. The van der Waals surface area contributed by atoms with Crippen molar-refractivity contribution >= 4 is 22.9 Å². The zero-order chi connectivity index (χ0) is 9.97. The molecule has 1 saturated heterocycles. The Hall–Kier alpha value is -0.160. The molecule has 3 nitrogen and oxygen atoms in total. The van der Waals surface area contributed by atoms with Gasteiger partial charge in [-0.2, -0.15) is 0 Å². The minimum atomic E-state index is 0.0613. The van der Waals surface area contributed by atoms with Gasteiger partial charge in [-0.1, -0.05) is 11.6 Å². The van der Waals surface area contributed by atoms with Gasteiger partial charge in [-0.15, -0.1) is 11.3 Å². The minimum Gasteiger partial charge on any atom is -0.371 e. The van der Waals surface area contributed by atoms with Crippen LogP contribution in [-0.2, 0) is 4.74 Å². The summed E-state index contributed by atoms with van der Waals surface area (Å²) < 4.78 is 6.40. The van der Waals surface area contributed by atoms with E-state index in [1.165, 1.54) is 11.3 Å². The van der Waals surface area contributed by atoms with Crippen LogP contribution in [0.1, 0.15) is 24.0 Å². The van der Waals surface area contributed by atoms with Gasteiger partial charge < -0.3 is 10.5 Å². The monoisotopic (exact) mass is 232 g/mol. The van der Waals surface area contributed by atoms with Gasteiger partial charge in [-0.25, -0.2) is 4.98 Å². The van der Waals surface area contributed by atoms with Crippen molar-refractivity contribution in [3.8, 4) is 0 Å². The summed E-state index contributed by atoms with van der Waals surface area (Å²) in [5.74, 6) is 0.394. The van der Waals surface area contributed by atoms with Crippen molar-refractivity contribution in [2.24, 2.45) is 11.7 Å². The Morgan fingerprint density at radius 1 is 1.71 bits per heavy atom. The van der Waals surface area contributed by atoms with Gasteiger partial charge in [0.15, 0.2) is 0 Å². The van der Waals surface area contributed by atoms with E-state index in [1.807, 2.05) is 0 Å². The van der Waals surface area contributed by atoms with E-state index in [9.17, 15) is 0 Å². The molecule has 1 fully saturated rings. The van der Waals surface area contributed by atoms with Crippen LogP contribution in [0.4, 0.5) is 0 Å². The number of nitrogens with zero attached hydrogens (tertiary/aromatic N) is 1. The Morgan fingerprint density at radius 2 is 2.57 bits per heavy atom. The maximum absolute atomic E-state index is 5.84. The smallest absolute Gasteiger partial charge is 0.123 e. The second kappa shape index (κ2) is 4.57. The van der Waals surface area contributed by atoms with E-state index in [0.717, 1.165) is 24.5 Å². The number of nitrogens with two attached hydrogens (primary N) is 1. The fraction of sp³-hybridized carbons (Fsp3) is 0.667. The quantitative estimate of drug-likeness (QED) is 0.851. The van der Waals surface area contributed by atoms with Gasteiger partial charge in [0.05, 0.1) is 6.20 Å². The Bertz CT molecular complexity index is 305. The van der Waals surface area contributed by atoms with Crippen molar-refractivity contribution in [2.75, 3.05) is 13.2 Å². The summed E-state index contributed by atoms with van der Waals surface area (Å²) in [4.78, 5) is 4.24. The first kappa shape index (κ1) is 10.4. The second-order valence-electron chi connectivity index (χ2n) is 3.43. The largest absolute Gasteiger partial charge is 0.371 e. The van der Waals surface area contributed by atoms with Gasteiger partial charge in [0.25, 0.3) is 0 Å². The van der Waals surface area contributed by atoms with Crippen LogP contribution in [0.3, 0.4) is 0 Å². The normalized spacial score (nSPS) is 27.9. The molecule has 0 aliphatic carbocycles. The minimum absolute atomic E-state index is 0.0613. The topological polar surface area (TPSA) is 48.1 Å². The van der Waals surface area contributed by atoms with Gasteiger partial charge in [0, 0.05) is 12.5 Å². The van der Waals surface area contributed by atoms with Crippen LogP contribution in [0, 0.1) is 5.92 Å². The zero-order valence-corrected chi connectivity index (χ0v) is 9.35. The SMILES string of the molecule is NCC1CCCOC1c1ncc(Cl)s1. The number of halogens is 1. The summed E-state index contributed by atoms with van der Waals surface area (Å²) >= 11 is 7.33. The number of aromatic nitrogens is 1. The van der Waals surface area contributed by atoms with Crippen molar-refractivity contribution in [3.05, 3.63) is 15.5 Å². The molecule has 14 heavy (non-hydrogen) atoms. The third-order valence-electron chi connectivity index (χ3n) is 2.49. The van der Waals surface area contributed by atoms with E-state index in [4.69, 9.17) is 22.1 Å². The van der Waals surface area contributed by atoms with Crippen LogP contribution in [0.2, 0.25) is 4.34 Å². The average Bonchev–Trinajstić information content (AvgIpc) is 2.65. The van der Waals surface area contributed by atoms with Crippen molar-refractivity contribution in [2.45, 2.75) is 18.9 Å². The van der Waals surface area contributed by atoms with Gasteiger partial charge in [0.1, 0.15) is 15.4 Å². The molecule has 0 bridgehead atoms. The molecule has 2 atom stereocenters. The number of thiazole rings is 1. The van der Waals surface area contributed by atoms with Gasteiger partial charge in [-0.05, 0) is 19.4 Å².